The van der Waals surface area contributed by atoms with Gasteiger partial charge in [-0.05, 0) is 73.0 Å². The van der Waals surface area contributed by atoms with Crippen LogP contribution in [0.25, 0.3) is 17.0 Å². The third kappa shape index (κ3) is 5.45. The van der Waals surface area contributed by atoms with Crippen molar-refractivity contribution in [1.29, 1.82) is 0 Å². The van der Waals surface area contributed by atoms with Crippen molar-refractivity contribution in [2.45, 2.75) is 13.8 Å². The fourth-order valence-electron chi connectivity index (χ4n) is 3.27. The highest BCUT2D eigenvalue weighted by molar-refractivity contribution is 6.42. The molecular formula is C26H18Cl2O5. The lowest BCUT2D eigenvalue weighted by Crippen LogP contribution is -2.06. The standard InChI is InChI=1S/C26H18Cl2O5/c1-15-9-16(2)11-19(10-15)32-24-14-31-23-13-18(5-6-20(23)26(24)30)33-25(29)8-4-17-3-7-21(27)22(28)12-17/h3-14H,1-2H3/b8-4+. The fourth-order valence-corrected chi connectivity index (χ4v) is 3.58. The van der Waals surface area contributed by atoms with E-state index >= 15 is 0 Å². The first-order valence-corrected chi connectivity index (χ1v) is 10.7. The SMILES string of the molecule is Cc1cc(C)cc(Oc2coc3cc(OC(=O)/C=C/c4ccc(Cl)c(Cl)c4)ccc3c2=O)c1. The Kier molecular flexibility index (Phi) is 6.54. The van der Waals surface area contributed by atoms with Crippen molar-refractivity contribution in [3.63, 3.8) is 0 Å². The summed E-state index contributed by atoms with van der Waals surface area (Å²) in [7, 11) is 0. The number of carbonyl (C=O) groups excluding carboxylic acids is 1. The quantitative estimate of drug-likeness (QED) is 0.172. The zero-order valence-electron chi connectivity index (χ0n) is 17.7. The van der Waals surface area contributed by atoms with Gasteiger partial charge in [-0.15, -0.1) is 0 Å². The van der Waals surface area contributed by atoms with E-state index in [4.69, 9.17) is 37.1 Å². The minimum absolute atomic E-state index is 0.0711. The van der Waals surface area contributed by atoms with Crippen LogP contribution in [-0.4, -0.2) is 5.97 Å². The molecule has 0 aliphatic rings. The van der Waals surface area contributed by atoms with Crippen molar-refractivity contribution in [3.8, 4) is 17.2 Å². The zero-order chi connectivity index (χ0) is 23.5. The van der Waals surface area contributed by atoms with Crippen LogP contribution in [0.2, 0.25) is 10.0 Å². The molecule has 4 rings (SSSR count). The van der Waals surface area contributed by atoms with Gasteiger partial charge in [-0.1, -0.05) is 35.3 Å². The molecule has 0 aliphatic heterocycles. The smallest absolute Gasteiger partial charge is 0.336 e. The molecule has 0 bridgehead atoms. The number of hydrogen-bond donors (Lipinski definition) is 0. The highest BCUT2D eigenvalue weighted by atomic mass is 35.5. The average Bonchev–Trinajstić information content (AvgIpc) is 2.76. The maximum Gasteiger partial charge on any atom is 0.336 e. The molecule has 0 spiro atoms. The van der Waals surface area contributed by atoms with Crippen LogP contribution >= 0.6 is 23.2 Å². The lowest BCUT2D eigenvalue weighted by molar-refractivity contribution is -0.128. The first-order valence-electron chi connectivity index (χ1n) is 9.95. The summed E-state index contributed by atoms with van der Waals surface area (Å²) >= 11 is 11.9. The Morgan fingerprint density at radius 3 is 2.39 bits per heavy atom. The lowest BCUT2D eigenvalue weighted by atomic mass is 10.1. The second-order valence-electron chi connectivity index (χ2n) is 7.44. The summed E-state index contributed by atoms with van der Waals surface area (Å²) in [6, 6.07) is 15.2. The van der Waals surface area contributed by atoms with Gasteiger partial charge >= 0.3 is 5.97 Å². The molecule has 1 heterocycles. The molecular weight excluding hydrogens is 463 g/mol. The minimum Gasteiger partial charge on any atom is -0.460 e. The number of esters is 1. The van der Waals surface area contributed by atoms with E-state index in [1.807, 2.05) is 32.0 Å². The van der Waals surface area contributed by atoms with E-state index < -0.39 is 5.97 Å². The van der Waals surface area contributed by atoms with E-state index in [-0.39, 0.29) is 22.5 Å². The Morgan fingerprint density at radius 1 is 0.909 bits per heavy atom. The van der Waals surface area contributed by atoms with Gasteiger partial charge in [0.1, 0.15) is 23.3 Å². The largest absolute Gasteiger partial charge is 0.460 e. The Morgan fingerprint density at radius 2 is 1.67 bits per heavy atom. The maximum absolute atomic E-state index is 12.8. The molecule has 33 heavy (non-hydrogen) atoms. The molecule has 0 radical (unpaired) electrons. The molecule has 5 nitrogen and oxygen atoms in total. The van der Waals surface area contributed by atoms with Crippen LogP contribution in [0, 0.1) is 13.8 Å². The van der Waals surface area contributed by atoms with Crippen LogP contribution in [0.15, 0.2) is 76.1 Å². The highest BCUT2D eigenvalue weighted by Crippen LogP contribution is 2.26. The van der Waals surface area contributed by atoms with E-state index in [1.165, 1.54) is 30.5 Å². The first-order chi connectivity index (χ1) is 15.8. The molecule has 0 saturated heterocycles. The summed E-state index contributed by atoms with van der Waals surface area (Å²) in [5.74, 6) is 0.259. The maximum atomic E-state index is 12.8. The Bertz CT molecular complexity index is 1430. The molecule has 0 saturated carbocycles. The zero-order valence-corrected chi connectivity index (χ0v) is 19.2. The van der Waals surface area contributed by atoms with Crippen LogP contribution in [0.4, 0.5) is 0 Å². The second-order valence-corrected chi connectivity index (χ2v) is 8.25. The fraction of sp³-hybridized carbons (Fsp3) is 0.0769. The van der Waals surface area contributed by atoms with Gasteiger partial charge in [0.15, 0.2) is 0 Å². The van der Waals surface area contributed by atoms with Crippen molar-refractivity contribution >= 4 is 46.2 Å². The van der Waals surface area contributed by atoms with Crippen LogP contribution in [0.1, 0.15) is 16.7 Å². The van der Waals surface area contributed by atoms with Gasteiger partial charge in [0.2, 0.25) is 11.2 Å². The summed E-state index contributed by atoms with van der Waals surface area (Å²) in [6.07, 6.45) is 4.07. The highest BCUT2D eigenvalue weighted by Gasteiger charge is 2.12. The predicted molar refractivity (Wildman–Crippen MR) is 130 cm³/mol. The number of fused-ring (bicyclic) bond motifs is 1. The van der Waals surface area contributed by atoms with Gasteiger partial charge in [-0.2, -0.15) is 0 Å². The van der Waals surface area contributed by atoms with E-state index in [0.717, 1.165) is 11.1 Å². The topological polar surface area (TPSA) is 65.7 Å². The van der Waals surface area contributed by atoms with E-state index in [0.29, 0.717) is 26.7 Å². The number of ether oxygens (including phenoxy) is 2. The summed E-state index contributed by atoms with van der Waals surface area (Å²) < 4.78 is 16.6. The van der Waals surface area contributed by atoms with Gasteiger partial charge in [0.05, 0.1) is 15.4 Å². The normalized spacial score (nSPS) is 11.2. The number of rotatable bonds is 5. The molecule has 166 valence electrons. The van der Waals surface area contributed by atoms with E-state index in [2.05, 4.69) is 0 Å². The molecule has 0 aliphatic carbocycles. The van der Waals surface area contributed by atoms with E-state index in [9.17, 15) is 9.59 Å². The number of benzene rings is 3. The molecule has 0 unspecified atom stereocenters. The van der Waals surface area contributed by atoms with Crippen LogP contribution in [-0.2, 0) is 4.79 Å². The van der Waals surface area contributed by atoms with Crippen molar-refractivity contribution in [2.75, 3.05) is 0 Å². The van der Waals surface area contributed by atoms with Gasteiger partial charge in [-0.3, -0.25) is 4.79 Å². The molecule has 0 amide bonds. The van der Waals surface area contributed by atoms with Crippen molar-refractivity contribution in [1.82, 2.24) is 0 Å². The summed E-state index contributed by atoms with van der Waals surface area (Å²) in [5.41, 5.74) is 2.69. The molecule has 0 atom stereocenters. The number of carbonyl (C=O) groups is 1. The first kappa shape index (κ1) is 22.6. The van der Waals surface area contributed by atoms with Crippen LogP contribution in [0.3, 0.4) is 0 Å². The Balaban J connectivity index is 1.51. The summed E-state index contributed by atoms with van der Waals surface area (Å²) in [4.78, 5) is 25.0. The van der Waals surface area contributed by atoms with Crippen LogP contribution < -0.4 is 14.9 Å². The third-order valence-corrected chi connectivity index (χ3v) is 5.45. The second kappa shape index (κ2) is 9.53. The third-order valence-electron chi connectivity index (χ3n) is 4.71. The number of hydrogen-bond acceptors (Lipinski definition) is 5. The van der Waals surface area contributed by atoms with Crippen molar-refractivity contribution in [3.05, 3.63) is 104 Å². The van der Waals surface area contributed by atoms with Crippen molar-refractivity contribution < 1.29 is 18.7 Å². The number of aryl methyl sites for hydroxylation is 2. The lowest BCUT2D eigenvalue weighted by Gasteiger charge is -2.08. The molecule has 4 aromatic rings. The summed E-state index contributed by atoms with van der Waals surface area (Å²) in [5, 5.41) is 1.12. The molecule has 3 aromatic carbocycles. The van der Waals surface area contributed by atoms with E-state index in [1.54, 1.807) is 24.3 Å². The molecule has 1 aromatic heterocycles. The molecule has 0 fully saturated rings. The van der Waals surface area contributed by atoms with Crippen molar-refractivity contribution in [2.24, 2.45) is 0 Å². The Labute approximate surface area is 199 Å². The van der Waals surface area contributed by atoms with Gasteiger partial charge < -0.3 is 13.9 Å². The predicted octanol–water partition coefficient (Wildman–Crippen LogP) is 7.13. The van der Waals surface area contributed by atoms with Gasteiger partial charge in [-0.25, -0.2) is 4.79 Å². The van der Waals surface area contributed by atoms with Crippen LogP contribution in [0.5, 0.6) is 17.2 Å². The van der Waals surface area contributed by atoms with Gasteiger partial charge in [0.25, 0.3) is 0 Å². The minimum atomic E-state index is -0.599. The Hall–Kier alpha value is -3.54. The summed E-state index contributed by atoms with van der Waals surface area (Å²) in [6.45, 7) is 3.90. The monoisotopic (exact) mass is 480 g/mol. The molecule has 0 N–H and O–H groups in total. The number of halogens is 2. The average molecular weight is 481 g/mol. The molecule has 7 heteroatoms. The van der Waals surface area contributed by atoms with Gasteiger partial charge in [0, 0.05) is 12.1 Å².